The molecule has 0 saturated heterocycles. The van der Waals surface area contributed by atoms with Gasteiger partial charge in [-0.2, -0.15) is 15.0 Å². The van der Waals surface area contributed by atoms with Crippen LogP contribution < -0.4 is 25.4 Å². The Bertz CT molecular complexity index is 2020. The number of para-hydroxylation sites is 1. The van der Waals surface area contributed by atoms with Crippen molar-refractivity contribution < 1.29 is 47.7 Å². The number of aromatic nitrogens is 4. The third kappa shape index (κ3) is 12.7. The van der Waals surface area contributed by atoms with E-state index in [9.17, 15) is 14.7 Å². The number of hydrogen-bond donors (Lipinski definition) is 4. The lowest BCUT2D eigenvalue weighted by Crippen LogP contribution is -2.47. The fourth-order valence-electron chi connectivity index (χ4n) is 5.88. The number of benzene rings is 3. The van der Waals surface area contributed by atoms with Crippen LogP contribution in [0.5, 0.6) is 17.8 Å². The molecule has 0 fully saturated rings. The minimum Gasteiger partial charge on any atom is -0.491 e. The Hall–Kier alpha value is -5.58. The first kappa shape index (κ1) is 43.5. The van der Waals surface area contributed by atoms with Gasteiger partial charge in [0.2, 0.25) is 7.44 Å². The zero-order chi connectivity index (χ0) is 41.3. The lowest BCUT2D eigenvalue weighted by Gasteiger charge is -2.30. The lowest BCUT2D eigenvalue weighted by molar-refractivity contribution is -0.145. The van der Waals surface area contributed by atoms with Gasteiger partial charge in [0, 0.05) is 7.11 Å². The quantitative estimate of drug-likeness (QED) is 0.0388. The molecule has 0 aliphatic heterocycles. The van der Waals surface area contributed by atoms with E-state index in [1.165, 1.54) is 11.7 Å². The Morgan fingerprint density at radius 1 is 0.793 bits per heavy atom. The first-order valence-corrected chi connectivity index (χ1v) is 20.7. The number of carbonyl (C=O) groups excluding carboxylic acids is 2. The van der Waals surface area contributed by atoms with E-state index in [1.54, 1.807) is 38.1 Å². The third-order valence-corrected chi connectivity index (χ3v) is 10.6. The number of imidazole rings is 1. The number of ether oxygens (including phenoxy) is 6. The van der Waals surface area contributed by atoms with E-state index in [1.807, 2.05) is 66.7 Å². The van der Waals surface area contributed by atoms with Gasteiger partial charge in [-0.05, 0) is 49.9 Å². The summed E-state index contributed by atoms with van der Waals surface area (Å²) in [4.78, 5) is 39.7. The van der Waals surface area contributed by atoms with Gasteiger partial charge < -0.3 is 39.3 Å². The molecule has 3 unspecified atom stereocenters. The predicted octanol–water partition coefficient (Wildman–Crippen LogP) is 4.28. The van der Waals surface area contributed by atoms with Crippen LogP contribution in [0.2, 0.25) is 0 Å². The molecule has 0 saturated carbocycles. The molecule has 2 heterocycles. The van der Waals surface area contributed by atoms with Crippen LogP contribution in [0.15, 0.2) is 91.0 Å². The molecule has 3 aromatic carbocycles. The smallest absolute Gasteiger partial charge is 0.323 e. The van der Waals surface area contributed by atoms with Crippen molar-refractivity contribution in [3.63, 3.8) is 0 Å². The average molecular weight is 820 g/mol. The van der Waals surface area contributed by atoms with Crippen molar-refractivity contribution >= 4 is 36.4 Å². The monoisotopic (exact) mass is 819 g/mol. The molecule has 0 aliphatic rings. The normalized spacial score (nSPS) is 13.9. The highest BCUT2D eigenvalue weighted by atomic mass is 31.2. The number of fused-ring (bicyclic) bond motifs is 1. The largest absolute Gasteiger partial charge is 0.491 e. The van der Waals surface area contributed by atoms with E-state index >= 15 is 4.57 Å². The second-order valence-corrected chi connectivity index (χ2v) is 15.2. The van der Waals surface area contributed by atoms with Crippen molar-refractivity contribution in [3.05, 3.63) is 102 Å². The number of nitrogens with one attached hydrogen (secondary N) is 2. The van der Waals surface area contributed by atoms with Gasteiger partial charge in [0.25, 0.3) is 6.01 Å². The first-order valence-electron chi connectivity index (χ1n) is 18.8. The molecule has 5 rings (SSSR count). The summed E-state index contributed by atoms with van der Waals surface area (Å²) in [5.41, 5.74) is 7.99. The van der Waals surface area contributed by atoms with Crippen LogP contribution in [0.3, 0.4) is 0 Å². The van der Waals surface area contributed by atoms with Crippen molar-refractivity contribution in [2.75, 3.05) is 52.2 Å². The molecule has 0 aliphatic carbocycles. The second-order valence-electron chi connectivity index (χ2n) is 13.0. The maximum absolute atomic E-state index is 15.4. The fourth-order valence-corrected chi connectivity index (χ4v) is 7.92. The van der Waals surface area contributed by atoms with Gasteiger partial charge >= 0.3 is 17.9 Å². The number of methoxy groups -OCH3 is 1. The van der Waals surface area contributed by atoms with E-state index < -0.39 is 49.9 Å². The van der Waals surface area contributed by atoms with Gasteiger partial charge in [-0.15, -0.1) is 0 Å². The molecule has 0 spiro atoms. The van der Waals surface area contributed by atoms with Gasteiger partial charge in [0.05, 0.1) is 26.4 Å². The number of nitrogens with two attached hydrogens (primary N) is 1. The van der Waals surface area contributed by atoms with E-state index in [0.29, 0.717) is 5.75 Å². The summed E-state index contributed by atoms with van der Waals surface area (Å²) in [6.07, 6.45) is -1.31. The molecule has 17 nitrogen and oxygen atoms in total. The highest BCUT2D eigenvalue weighted by molar-refractivity contribution is 7.59. The zero-order valence-corrected chi connectivity index (χ0v) is 33.6. The minimum atomic E-state index is -4.14. The molecule has 0 bridgehead atoms. The molecule has 3 atom stereocenters. The number of hydrogen-bond acceptors (Lipinski definition) is 14. The average Bonchev–Trinajstić information content (AvgIpc) is 3.54. The van der Waals surface area contributed by atoms with E-state index in [0.717, 1.165) is 11.1 Å². The van der Waals surface area contributed by atoms with Crippen molar-refractivity contribution in [1.82, 2.24) is 29.7 Å². The van der Waals surface area contributed by atoms with Crippen LogP contribution in [-0.4, -0.2) is 101 Å². The molecule has 18 heteroatoms. The Balaban J connectivity index is 1.51. The number of nitrogen functional groups attached to an aromatic ring is 1. The van der Waals surface area contributed by atoms with Crippen LogP contribution in [-0.2, 0) is 52.5 Å². The lowest BCUT2D eigenvalue weighted by atomic mass is 10.1. The maximum Gasteiger partial charge on any atom is 0.323 e. The van der Waals surface area contributed by atoms with Crippen LogP contribution in [0, 0.1) is 0 Å². The summed E-state index contributed by atoms with van der Waals surface area (Å²) in [5.74, 6) is -0.812. The van der Waals surface area contributed by atoms with Gasteiger partial charge in [-0.1, -0.05) is 78.9 Å². The molecule has 2 aromatic heterocycles. The summed E-state index contributed by atoms with van der Waals surface area (Å²) in [6.45, 7) is 3.66. The maximum atomic E-state index is 15.4. The fraction of sp³-hybridized carbons (Fsp3) is 0.375. The number of esters is 2. The molecular formula is C40H50N7O10P. The number of aromatic hydroxyl groups is 1. The van der Waals surface area contributed by atoms with Crippen LogP contribution in [0.4, 0.5) is 5.82 Å². The Kier molecular flexibility index (Phi) is 16.4. The molecule has 58 heavy (non-hydrogen) atoms. The highest BCUT2D eigenvalue weighted by Gasteiger charge is 2.37. The van der Waals surface area contributed by atoms with E-state index in [4.69, 9.17) is 34.2 Å². The molecule has 0 radical (unpaired) electrons. The summed E-state index contributed by atoms with van der Waals surface area (Å²) in [7, 11) is -2.61. The van der Waals surface area contributed by atoms with Gasteiger partial charge in [0.1, 0.15) is 43.5 Å². The van der Waals surface area contributed by atoms with Crippen molar-refractivity contribution in [3.8, 4) is 17.8 Å². The summed E-state index contributed by atoms with van der Waals surface area (Å²) < 4.78 is 50.7. The van der Waals surface area contributed by atoms with Crippen LogP contribution in [0.1, 0.15) is 25.0 Å². The molecule has 310 valence electrons. The Morgan fingerprint density at radius 2 is 1.34 bits per heavy atom. The number of nitrogens with zero attached hydrogens (tertiary/aromatic N) is 4. The van der Waals surface area contributed by atoms with Crippen molar-refractivity contribution in [2.24, 2.45) is 0 Å². The SMILES string of the molecule is CCOC(=O)C(Cc1ccccc1)NP(=O)(COC(COc1ccccc1)Cn1c(O)nc2c(N)nc(OCCOC)nc21)NC(Cc1ccccc1)C(=O)OCC. The second kappa shape index (κ2) is 21.8. The van der Waals surface area contributed by atoms with E-state index in [-0.39, 0.29) is 75.4 Å². The summed E-state index contributed by atoms with van der Waals surface area (Å²) in [5, 5.41) is 17.1. The number of rotatable bonds is 24. The molecular weight excluding hydrogens is 769 g/mol. The van der Waals surface area contributed by atoms with Gasteiger partial charge in [0.15, 0.2) is 17.0 Å². The standard InChI is InChI=1S/C40H50N7O10P/c1-4-53-37(48)32(23-28-15-9-6-10-16-28)45-58(51,46-33(38(49)54-5-2)24-29-17-11-7-12-18-29)27-57-31(26-56-30-19-13-8-14-20-30)25-47-36-34(42-40(47)50)35(41)43-39(44-36)55-22-21-52-3/h6-20,31-33H,4-5,21-27H2,1-3H3,(H,42,50)(H2,41,43,44)(H2,45,46,51). The molecule has 5 aromatic rings. The third-order valence-electron chi connectivity index (χ3n) is 8.59. The predicted molar refractivity (Wildman–Crippen MR) is 215 cm³/mol. The Morgan fingerprint density at radius 3 is 1.88 bits per heavy atom. The number of carbonyl (C=O) groups is 2. The number of anilines is 1. The topological polar surface area (TPSA) is 220 Å². The molecule has 0 amide bonds. The molecule has 5 N–H and O–H groups in total. The zero-order valence-electron chi connectivity index (χ0n) is 32.7. The summed E-state index contributed by atoms with van der Waals surface area (Å²) in [6, 6.07) is 24.5. The highest BCUT2D eigenvalue weighted by Crippen LogP contribution is 2.39. The minimum absolute atomic E-state index is 0.0331. The van der Waals surface area contributed by atoms with E-state index in [2.05, 4.69) is 25.1 Å². The van der Waals surface area contributed by atoms with Crippen molar-refractivity contribution in [1.29, 1.82) is 0 Å². The Labute approximate surface area is 336 Å². The first-order chi connectivity index (χ1) is 28.1. The summed E-state index contributed by atoms with van der Waals surface area (Å²) >= 11 is 0. The van der Waals surface area contributed by atoms with Crippen LogP contribution >= 0.6 is 7.44 Å². The van der Waals surface area contributed by atoms with Gasteiger partial charge in [-0.25, -0.2) is 10.2 Å². The van der Waals surface area contributed by atoms with Gasteiger partial charge in [-0.3, -0.25) is 18.7 Å². The van der Waals surface area contributed by atoms with Crippen LogP contribution in [0.25, 0.3) is 11.2 Å². The van der Waals surface area contributed by atoms with Crippen molar-refractivity contribution in [2.45, 2.75) is 51.4 Å².